The number of nitrogens with one attached hydrogen (secondary N) is 2. The predicted octanol–water partition coefficient (Wildman–Crippen LogP) is 0.423. The zero-order chi connectivity index (χ0) is 15.1. The van der Waals surface area contributed by atoms with Gasteiger partial charge < -0.3 is 21.1 Å². The maximum Gasteiger partial charge on any atom is 0.248 e. The molecule has 1 atom stereocenters. The van der Waals surface area contributed by atoms with Gasteiger partial charge >= 0.3 is 0 Å². The Morgan fingerprint density at radius 1 is 1.33 bits per heavy atom. The lowest BCUT2D eigenvalue weighted by Crippen LogP contribution is -2.37. The lowest BCUT2D eigenvalue weighted by Gasteiger charge is -2.11. The minimum atomic E-state index is -0.471. The molecule has 2 amide bonds. The van der Waals surface area contributed by atoms with Crippen LogP contribution in [-0.4, -0.2) is 37.6 Å². The lowest BCUT2D eigenvalue weighted by atomic mass is 10.2. The van der Waals surface area contributed by atoms with Crippen LogP contribution >= 0.6 is 0 Å². The first-order chi connectivity index (χ1) is 10.1. The van der Waals surface area contributed by atoms with Gasteiger partial charge in [-0.15, -0.1) is 0 Å². The molecule has 1 aromatic rings. The molecule has 0 radical (unpaired) electrons. The smallest absolute Gasteiger partial charge is 0.248 e. The molecule has 1 unspecified atom stereocenters. The van der Waals surface area contributed by atoms with Crippen molar-refractivity contribution in [3.05, 3.63) is 29.8 Å². The van der Waals surface area contributed by atoms with E-state index in [1.807, 2.05) is 0 Å². The van der Waals surface area contributed by atoms with Crippen molar-refractivity contribution in [1.29, 1.82) is 0 Å². The van der Waals surface area contributed by atoms with Gasteiger partial charge in [0.05, 0.1) is 13.0 Å². The minimum Gasteiger partial charge on any atom is -0.493 e. The monoisotopic (exact) mass is 291 g/mol. The Bertz CT molecular complexity index is 481. The summed E-state index contributed by atoms with van der Waals surface area (Å²) >= 11 is 0. The highest BCUT2D eigenvalue weighted by atomic mass is 16.5. The average Bonchev–Trinajstić information content (AvgIpc) is 2.99. The Morgan fingerprint density at radius 3 is 2.71 bits per heavy atom. The van der Waals surface area contributed by atoms with Gasteiger partial charge in [0, 0.05) is 18.2 Å². The summed E-state index contributed by atoms with van der Waals surface area (Å²) in [7, 11) is 0. The largest absolute Gasteiger partial charge is 0.493 e. The van der Waals surface area contributed by atoms with Crippen molar-refractivity contribution < 1.29 is 14.3 Å². The molecule has 1 aliphatic heterocycles. The Kier molecular flexibility index (Phi) is 5.57. The van der Waals surface area contributed by atoms with Crippen molar-refractivity contribution in [3.63, 3.8) is 0 Å². The summed E-state index contributed by atoms with van der Waals surface area (Å²) in [5.74, 6) is 0.129. The van der Waals surface area contributed by atoms with Crippen molar-refractivity contribution in [2.45, 2.75) is 25.3 Å². The molecule has 6 nitrogen and oxygen atoms in total. The van der Waals surface area contributed by atoms with E-state index in [1.165, 1.54) is 6.42 Å². The highest BCUT2D eigenvalue weighted by Crippen LogP contribution is 2.12. The fourth-order valence-electron chi connectivity index (χ4n) is 2.23. The van der Waals surface area contributed by atoms with E-state index >= 15 is 0 Å². The number of hydrogen-bond acceptors (Lipinski definition) is 4. The molecule has 2 rings (SSSR count). The van der Waals surface area contributed by atoms with Crippen molar-refractivity contribution in [1.82, 2.24) is 10.6 Å². The van der Waals surface area contributed by atoms with Gasteiger partial charge in [-0.3, -0.25) is 9.59 Å². The third-order valence-electron chi connectivity index (χ3n) is 3.44. The molecular formula is C15H21N3O3. The standard InChI is InChI=1S/C15H21N3O3/c16-15(20)11-3-5-13(6-4-11)21-9-7-14(19)18-10-12-2-1-8-17-12/h3-6,12,17H,1-2,7-10H2,(H2,16,20)(H,18,19). The van der Waals surface area contributed by atoms with E-state index in [-0.39, 0.29) is 5.91 Å². The quantitative estimate of drug-likeness (QED) is 0.679. The first-order valence-electron chi connectivity index (χ1n) is 7.18. The first kappa shape index (κ1) is 15.3. The third kappa shape index (κ3) is 5.07. The van der Waals surface area contributed by atoms with Gasteiger partial charge in [0.1, 0.15) is 5.75 Å². The van der Waals surface area contributed by atoms with Crippen LogP contribution in [0.3, 0.4) is 0 Å². The van der Waals surface area contributed by atoms with Crippen LogP contribution < -0.4 is 21.1 Å². The van der Waals surface area contributed by atoms with E-state index in [0.717, 1.165) is 13.0 Å². The SMILES string of the molecule is NC(=O)c1ccc(OCCC(=O)NCC2CCCN2)cc1. The molecule has 0 aromatic heterocycles. The van der Waals surface area contributed by atoms with Crippen LogP contribution in [0.1, 0.15) is 29.6 Å². The normalized spacial score (nSPS) is 17.4. The average molecular weight is 291 g/mol. The molecular weight excluding hydrogens is 270 g/mol. The van der Waals surface area contributed by atoms with Crippen LogP contribution in [0.5, 0.6) is 5.75 Å². The molecule has 1 aliphatic rings. The van der Waals surface area contributed by atoms with E-state index in [0.29, 0.717) is 36.9 Å². The molecule has 1 heterocycles. The summed E-state index contributed by atoms with van der Waals surface area (Å²) in [5, 5.41) is 6.22. The number of carbonyl (C=O) groups excluding carboxylic acids is 2. The molecule has 0 aliphatic carbocycles. The van der Waals surface area contributed by atoms with Gasteiger partial charge in [-0.2, -0.15) is 0 Å². The number of benzene rings is 1. The van der Waals surface area contributed by atoms with Crippen LogP contribution in [0.2, 0.25) is 0 Å². The molecule has 21 heavy (non-hydrogen) atoms. The fraction of sp³-hybridized carbons (Fsp3) is 0.467. The predicted molar refractivity (Wildman–Crippen MR) is 79.1 cm³/mol. The summed E-state index contributed by atoms with van der Waals surface area (Å²) < 4.78 is 5.45. The van der Waals surface area contributed by atoms with Gasteiger partial charge in [-0.1, -0.05) is 0 Å². The third-order valence-corrected chi connectivity index (χ3v) is 3.44. The van der Waals surface area contributed by atoms with Crippen molar-refractivity contribution >= 4 is 11.8 Å². The summed E-state index contributed by atoms with van der Waals surface area (Å²) in [6.07, 6.45) is 2.60. The van der Waals surface area contributed by atoms with Gasteiger partial charge in [0.15, 0.2) is 0 Å². The Hall–Kier alpha value is -2.08. The molecule has 1 saturated heterocycles. The number of primary amides is 1. The molecule has 1 aromatic carbocycles. The zero-order valence-corrected chi connectivity index (χ0v) is 11.9. The highest BCUT2D eigenvalue weighted by Gasteiger charge is 2.14. The van der Waals surface area contributed by atoms with Gasteiger partial charge in [0.25, 0.3) is 0 Å². The Balaban J connectivity index is 1.63. The van der Waals surface area contributed by atoms with E-state index in [9.17, 15) is 9.59 Å². The van der Waals surface area contributed by atoms with Crippen LogP contribution in [0, 0.1) is 0 Å². The van der Waals surface area contributed by atoms with E-state index < -0.39 is 5.91 Å². The fourth-order valence-corrected chi connectivity index (χ4v) is 2.23. The van der Waals surface area contributed by atoms with Gasteiger partial charge in [-0.05, 0) is 43.7 Å². The topological polar surface area (TPSA) is 93.5 Å². The summed E-state index contributed by atoms with van der Waals surface area (Å²) in [5.41, 5.74) is 5.59. The molecule has 6 heteroatoms. The van der Waals surface area contributed by atoms with Crippen LogP contribution in [0.4, 0.5) is 0 Å². The van der Waals surface area contributed by atoms with Crippen molar-refractivity contribution in [2.24, 2.45) is 5.73 Å². The molecule has 0 saturated carbocycles. The second-order valence-electron chi connectivity index (χ2n) is 5.08. The number of hydrogen-bond donors (Lipinski definition) is 3. The van der Waals surface area contributed by atoms with Gasteiger partial charge in [0.2, 0.25) is 11.8 Å². The second kappa shape index (κ2) is 7.64. The molecule has 0 bridgehead atoms. The highest BCUT2D eigenvalue weighted by molar-refractivity contribution is 5.92. The summed E-state index contributed by atoms with van der Waals surface area (Å²) in [6, 6.07) is 6.93. The lowest BCUT2D eigenvalue weighted by molar-refractivity contribution is -0.121. The zero-order valence-electron chi connectivity index (χ0n) is 11.9. The van der Waals surface area contributed by atoms with Gasteiger partial charge in [-0.25, -0.2) is 0 Å². The van der Waals surface area contributed by atoms with E-state index in [2.05, 4.69) is 10.6 Å². The molecule has 4 N–H and O–H groups in total. The van der Waals surface area contributed by atoms with Crippen LogP contribution in [0.15, 0.2) is 24.3 Å². The maximum atomic E-state index is 11.7. The van der Waals surface area contributed by atoms with Crippen LogP contribution in [0.25, 0.3) is 0 Å². The minimum absolute atomic E-state index is 0.0162. The number of carbonyl (C=O) groups is 2. The number of rotatable bonds is 7. The molecule has 0 spiro atoms. The molecule has 114 valence electrons. The summed E-state index contributed by atoms with van der Waals surface area (Å²) in [6.45, 7) is 2.01. The second-order valence-corrected chi connectivity index (χ2v) is 5.08. The Morgan fingerprint density at radius 2 is 2.10 bits per heavy atom. The van der Waals surface area contributed by atoms with Crippen LogP contribution in [-0.2, 0) is 4.79 Å². The number of ether oxygens (including phenoxy) is 1. The van der Waals surface area contributed by atoms with E-state index in [1.54, 1.807) is 24.3 Å². The van der Waals surface area contributed by atoms with E-state index in [4.69, 9.17) is 10.5 Å². The van der Waals surface area contributed by atoms with Crippen molar-refractivity contribution in [2.75, 3.05) is 19.7 Å². The molecule has 1 fully saturated rings. The summed E-state index contributed by atoms with van der Waals surface area (Å²) in [4.78, 5) is 22.6. The Labute approximate surface area is 124 Å². The van der Waals surface area contributed by atoms with Crippen molar-refractivity contribution in [3.8, 4) is 5.75 Å². The number of amides is 2. The maximum absolute atomic E-state index is 11.7. The first-order valence-corrected chi connectivity index (χ1v) is 7.18. The number of nitrogens with two attached hydrogens (primary N) is 1.